The molecule has 92 valence electrons. The zero-order valence-corrected chi connectivity index (χ0v) is 14.2. The van der Waals surface area contributed by atoms with E-state index < -0.39 is 0 Å². The van der Waals surface area contributed by atoms with E-state index in [2.05, 4.69) is 61.9 Å². The number of hydrogen-bond acceptors (Lipinski definition) is 0. The van der Waals surface area contributed by atoms with Gasteiger partial charge in [-0.25, -0.2) is 23.3 Å². The largest absolute Gasteiger partial charge is 2.00 e. The van der Waals surface area contributed by atoms with E-state index in [0.717, 1.165) is 25.7 Å². The molecule has 2 aliphatic carbocycles. The van der Waals surface area contributed by atoms with Gasteiger partial charge in [0.05, 0.1) is 0 Å². The van der Waals surface area contributed by atoms with E-state index in [9.17, 15) is 0 Å². The van der Waals surface area contributed by atoms with Crippen LogP contribution in [0.15, 0.2) is 35.5 Å². The molecular weight excluding hydrogens is 307 g/mol. The third-order valence-electron chi connectivity index (χ3n) is 2.29. The molecule has 0 saturated heterocycles. The summed E-state index contributed by atoms with van der Waals surface area (Å²) in [5.74, 6) is 0. The van der Waals surface area contributed by atoms with Gasteiger partial charge in [-0.2, -0.15) is 12.2 Å². The Hall–Kier alpha value is 0.133. The molecule has 0 aromatic heterocycles. The van der Waals surface area contributed by atoms with Gasteiger partial charge in [-0.15, -0.1) is 24.4 Å². The molecule has 0 fully saturated rings. The van der Waals surface area contributed by atoms with Crippen LogP contribution in [0.25, 0.3) is 0 Å². The molecule has 0 aromatic carbocycles. The van der Waals surface area contributed by atoms with E-state index in [-0.39, 0.29) is 26.2 Å². The van der Waals surface area contributed by atoms with Gasteiger partial charge < -0.3 is 0 Å². The molecule has 0 nitrogen and oxygen atoms in total. The molecule has 0 heterocycles. The zero-order chi connectivity index (χ0) is 12.2. The monoisotopic (exact) mass is 326 g/mol. The molecular formula is C15H21ClZr. The first kappa shape index (κ1) is 19.5. The number of hydrogen-bond donors (Lipinski definition) is 0. The molecule has 0 unspecified atom stereocenters. The average molecular weight is 328 g/mol. The van der Waals surface area contributed by atoms with Crippen LogP contribution in [-0.4, -0.2) is 6.38 Å². The third-order valence-corrected chi connectivity index (χ3v) is 2.29. The van der Waals surface area contributed by atoms with E-state index in [1.165, 1.54) is 17.5 Å². The van der Waals surface area contributed by atoms with E-state index in [4.69, 9.17) is 0 Å². The van der Waals surface area contributed by atoms with Crippen LogP contribution in [0.2, 0.25) is 0 Å². The quantitative estimate of drug-likeness (QED) is 0.493. The van der Waals surface area contributed by atoms with Gasteiger partial charge in [0.1, 0.15) is 0 Å². The van der Waals surface area contributed by atoms with Crippen molar-refractivity contribution in [2.45, 2.75) is 39.5 Å². The Bertz CT molecular complexity index is 255. The average Bonchev–Trinajstić information content (AvgIpc) is 3.05. The molecule has 2 aliphatic rings. The molecule has 0 atom stereocenters. The third kappa shape index (κ3) is 9.80. The van der Waals surface area contributed by atoms with Gasteiger partial charge in [-0.1, -0.05) is 26.7 Å². The van der Waals surface area contributed by atoms with Crippen LogP contribution in [0.1, 0.15) is 39.5 Å². The summed E-state index contributed by atoms with van der Waals surface area (Å²) in [6.07, 6.45) is 20.8. The molecule has 17 heavy (non-hydrogen) atoms. The van der Waals surface area contributed by atoms with Crippen molar-refractivity contribution in [2.75, 3.05) is 6.38 Å². The van der Waals surface area contributed by atoms with Crippen molar-refractivity contribution in [1.82, 2.24) is 0 Å². The molecule has 2 heteroatoms. The molecule has 0 aromatic rings. The van der Waals surface area contributed by atoms with Gasteiger partial charge in [0, 0.05) is 6.38 Å². The van der Waals surface area contributed by atoms with Crippen LogP contribution in [0.5, 0.6) is 0 Å². The van der Waals surface area contributed by atoms with E-state index >= 15 is 0 Å². The Kier molecular flexibility index (Phi) is 16.3. The van der Waals surface area contributed by atoms with Crippen molar-refractivity contribution in [2.24, 2.45) is 0 Å². The summed E-state index contributed by atoms with van der Waals surface area (Å²) < 4.78 is 0. The Morgan fingerprint density at radius 1 is 0.941 bits per heavy atom. The maximum atomic E-state index is 4.64. The molecule has 0 aliphatic heterocycles. The number of allylic oxidation sites excluding steroid dienone is 8. The maximum Gasteiger partial charge on any atom is 2.00 e. The number of rotatable bonds is 2. The first-order valence-corrected chi connectivity index (χ1v) is 6.52. The van der Waals surface area contributed by atoms with Crippen LogP contribution in [-0.2, 0) is 26.2 Å². The Morgan fingerprint density at radius 3 is 1.41 bits per heavy atom. The Morgan fingerprint density at radius 2 is 1.29 bits per heavy atom. The summed E-state index contributed by atoms with van der Waals surface area (Å²) in [4.78, 5) is 0. The summed E-state index contributed by atoms with van der Waals surface area (Å²) in [5.41, 5.74) is 2.72. The van der Waals surface area contributed by atoms with Gasteiger partial charge in [-0.3, -0.25) is 12.2 Å². The topological polar surface area (TPSA) is 0 Å². The van der Waals surface area contributed by atoms with Crippen LogP contribution >= 0.6 is 11.6 Å². The van der Waals surface area contributed by atoms with Crippen molar-refractivity contribution in [3.05, 3.63) is 47.6 Å². The molecule has 2 rings (SSSR count). The molecule has 0 saturated carbocycles. The normalized spacial score (nSPS) is 14.8. The predicted molar refractivity (Wildman–Crippen MR) is 73.4 cm³/mol. The molecule has 0 amide bonds. The second-order valence-electron chi connectivity index (χ2n) is 3.32. The van der Waals surface area contributed by atoms with Crippen molar-refractivity contribution >= 4 is 11.6 Å². The van der Waals surface area contributed by atoms with Gasteiger partial charge in [0.15, 0.2) is 0 Å². The fourth-order valence-corrected chi connectivity index (χ4v) is 1.39. The molecule has 0 N–H and O–H groups in total. The zero-order valence-electron chi connectivity index (χ0n) is 11.0. The van der Waals surface area contributed by atoms with Gasteiger partial charge >= 0.3 is 26.2 Å². The molecule has 0 bridgehead atoms. The summed E-state index contributed by atoms with van der Waals surface area (Å²) in [6.45, 7) is 4.30. The second-order valence-corrected chi connectivity index (χ2v) is 3.32. The van der Waals surface area contributed by atoms with E-state index in [0.29, 0.717) is 0 Å². The van der Waals surface area contributed by atoms with Crippen LogP contribution in [0, 0.1) is 12.2 Å². The SMILES string of the molecule is CCC1=[C-]CC=C1.CCC1=[C-]CC=C1.CCl.[Zr+2]. The smallest absolute Gasteiger partial charge is 0.270 e. The minimum Gasteiger partial charge on any atom is -0.270 e. The van der Waals surface area contributed by atoms with Gasteiger partial charge in [0.25, 0.3) is 0 Å². The van der Waals surface area contributed by atoms with E-state index in [1.54, 1.807) is 0 Å². The van der Waals surface area contributed by atoms with Gasteiger partial charge in [0.2, 0.25) is 0 Å². The van der Waals surface area contributed by atoms with Crippen LogP contribution in [0.3, 0.4) is 0 Å². The number of halogens is 1. The minimum absolute atomic E-state index is 0. The van der Waals surface area contributed by atoms with E-state index in [1.807, 2.05) is 0 Å². The summed E-state index contributed by atoms with van der Waals surface area (Å²) >= 11 is 4.64. The summed E-state index contributed by atoms with van der Waals surface area (Å²) in [5, 5.41) is 0. The second kappa shape index (κ2) is 14.2. The molecule has 0 spiro atoms. The minimum atomic E-state index is 0. The Labute approximate surface area is 131 Å². The fraction of sp³-hybridized carbons (Fsp3) is 0.467. The van der Waals surface area contributed by atoms with Crippen molar-refractivity contribution < 1.29 is 26.2 Å². The fourth-order valence-electron chi connectivity index (χ4n) is 1.39. The van der Waals surface area contributed by atoms with Crippen molar-refractivity contribution in [3.63, 3.8) is 0 Å². The maximum absolute atomic E-state index is 4.64. The van der Waals surface area contributed by atoms with Crippen LogP contribution in [0.4, 0.5) is 0 Å². The number of alkyl halides is 1. The summed E-state index contributed by atoms with van der Waals surface area (Å²) in [7, 11) is 0. The van der Waals surface area contributed by atoms with Crippen LogP contribution < -0.4 is 0 Å². The summed E-state index contributed by atoms with van der Waals surface area (Å²) in [6, 6.07) is 0. The first-order valence-electron chi connectivity index (χ1n) is 5.77. The first-order chi connectivity index (χ1) is 7.86. The van der Waals surface area contributed by atoms with Crippen molar-refractivity contribution in [1.29, 1.82) is 0 Å². The Balaban J connectivity index is 0. The molecule has 0 radical (unpaired) electrons. The van der Waals surface area contributed by atoms with Crippen molar-refractivity contribution in [3.8, 4) is 0 Å². The van der Waals surface area contributed by atoms with Gasteiger partial charge in [-0.05, 0) is 0 Å². The predicted octanol–water partition coefficient (Wildman–Crippen LogP) is 5.02. The standard InChI is InChI=1S/2C7H9.CH3Cl.Zr/c2*1-2-7-5-3-4-6-7;1-2;/h2*3,5H,2,4H2,1H3;1H3;/q2*-1;;+2.